The van der Waals surface area contributed by atoms with Gasteiger partial charge in [-0.25, -0.2) is 12.7 Å². The van der Waals surface area contributed by atoms with Gasteiger partial charge in [0.2, 0.25) is 15.9 Å². The first-order chi connectivity index (χ1) is 13.0. The van der Waals surface area contributed by atoms with Crippen molar-refractivity contribution in [2.24, 2.45) is 5.92 Å². The molecule has 0 aromatic heterocycles. The van der Waals surface area contributed by atoms with Gasteiger partial charge in [-0.15, -0.1) is 0 Å². The van der Waals surface area contributed by atoms with E-state index in [9.17, 15) is 18.0 Å². The predicted octanol–water partition coefficient (Wildman–Crippen LogP) is 2.24. The highest BCUT2D eigenvalue weighted by Crippen LogP contribution is 2.21. The predicted molar refractivity (Wildman–Crippen MR) is 110 cm³/mol. The van der Waals surface area contributed by atoms with Crippen LogP contribution < -0.4 is 5.32 Å². The fraction of sp³-hybridized carbons (Fsp3) is 0.556. The van der Waals surface area contributed by atoms with Crippen LogP contribution in [0.15, 0.2) is 18.2 Å². The van der Waals surface area contributed by atoms with Crippen LogP contribution in [0.1, 0.15) is 30.6 Å². The molecule has 1 aromatic carbocycles. The van der Waals surface area contributed by atoms with E-state index in [1.165, 1.54) is 16.4 Å². The fourth-order valence-corrected chi connectivity index (χ4v) is 4.42. The molecule has 1 saturated heterocycles. The van der Waals surface area contributed by atoms with E-state index in [1.807, 2.05) is 13.8 Å². The summed E-state index contributed by atoms with van der Waals surface area (Å²) in [6.07, 6.45) is 1.71. The molecule has 0 bridgehead atoms. The molecule has 0 aliphatic carbocycles. The highest BCUT2D eigenvalue weighted by molar-refractivity contribution is 7.88. The van der Waals surface area contributed by atoms with E-state index in [-0.39, 0.29) is 35.5 Å². The first-order valence-corrected chi connectivity index (χ1v) is 11.6. The SMILES string of the molecule is CC(C)C(NC(=O)c1ccc(Cl)cc1Cl)C(=O)N1CCCN(S(C)(=O)=O)CC1. The molecule has 2 amide bonds. The molecule has 156 valence electrons. The Kier molecular flexibility index (Phi) is 7.73. The first kappa shape index (κ1) is 22.9. The number of halogens is 2. The van der Waals surface area contributed by atoms with Gasteiger partial charge >= 0.3 is 0 Å². The maximum Gasteiger partial charge on any atom is 0.253 e. The third-order valence-electron chi connectivity index (χ3n) is 4.63. The number of carbonyl (C=O) groups is 2. The van der Waals surface area contributed by atoms with E-state index in [1.54, 1.807) is 11.0 Å². The van der Waals surface area contributed by atoms with Crippen molar-refractivity contribution in [1.82, 2.24) is 14.5 Å². The summed E-state index contributed by atoms with van der Waals surface area (Å²) in [6.45, 7) is 5.02. The molecular formula is C18H25Cl2N3O4S. The van der Waals surface area contributed by atoms with Gasteiger partial charge in [0, 0.05) is 31.2 Å². The van der Waals surface area contributed by atoms with Crippen LogP contribution in [0.3, 0.4) is 0 Å². The maximum absolute atomic E-state index is 13.0. The van der Waals surface area contributed by atoms with Crippen molar-refractivity contribution >= 4 is 45.0 Å². The summed E-state index contributed by atoms with van der Waals surface area (Å²) in [5.74, 6) is -0.845. The molecule has 1 aliphatic rings. The fourth-order valence-electron chi connectivity index (χ4n) is 3.05. The van der Waals surface area contributed by atoms with Gasteiger partial charge in [0.25, 0.3) is 5.91 Å². The van der Waals surface area contributed by atoms with Crippen LogP contribution in [0.2, 0.25) is 10.0 Å². The van der Waals surface area contributed by atoms with E-state index < -0.39 is 22.0 Å². The molecule has 28 heavy (non-hydrogen) atoms. The number of rotatable bonds is 5. The number of nitrogens with zero attached hydrogens (tertiary/aromatic N) is 2. The van der Waals surface area contributed by atoms with Gasteiger partial charge in [0.05, 0.1) is 16.8 Å². The zero-order valence-corrected chi connectivity index (χ0v) is 18.4. The van der Waals surface area contributed by atoms with E-state index in [2.05, 4.69) is 5.32 Å². The lowest BCUT2D eigenvalue weighted by Crippen LogP contribution is -2.52. The Balaban J connectivity index is 2.12. The number of hydrogen-bond donors (Lipinski definition) is 1. The van der Waals surface area contributed by atoms with Crippen LogP contribution in [-0.4, -0.2) is 67.9 Å². The summed E-state index contributed by atoms with van der Waals surface area (Å²) >= 11 is 12.0. The normalized spacial score (nSPS) is 17.3. The Morgan fingerprint density at radius 3 is 2.36 bits per heavy atom. The van der Waals surface area contributed by atoms with E-state index in [4.69, 9.17) is 23.2 Å². The second-order valence-electron chi connectivity index (χ2n) is 7.16. The van der Waals surface area contributed by atoms with Gasteiger partial charge in [0.1, 0.15) is 6.04 Å². The molecule has 1 aliphatic heterocycles. The summed E-state index contributed by atoms with van der Waals surface area (Å²) < 4.78 is 24.9. The average Bonchev–Trinajstić information content (AvgIpc) is 2.84. The van der Waals surface area contributed by atoms with E-state index in [0.717, 1.165) is 6.26 Å². The van der Waals surface area contributed by atoms with Gasteiger partial charge in [-0.3, -0.25) is 9.59 Å². The van der Waals surface area contributed by atoms with Crippen LogP contribution in [0.25, 0.3) is 0 Å². The zero-order valence-electron chi connectivity index (χ0n) is 16.1. The van der Waals surface area contributed by atoms with Gasteiger partial charge in [0.15, 0.2) is 0 Å². The molecule has 0 spiro atoms. The molecule has 1 atom stereocenters. The van der Waals surface area contributed by atoms with E-state index >= 15 is 0 Å². The Morgan fingerprint density at radius 1 is 1.11 bits per heavy atom. The van der Waals surface area contributed by atoms with Crippen LogP contribution in [0.4, 0.5) is 0 Å². The summed E-state index contributed by atoms with van der Waals surface area (Å²) in [6, 6.07) is 3.80. The highest BCUT2D eigenvalue weighted by atomic mass is 35.5. The molecule has 1 fully saturated rings. The number of amides is 2. The molecule has 1 aromatic rings. The van der Waals surface area contributed by atoms with Crippen LogP contribution >= 0.6 is 23.2 Å². The molecule has 10 heteroatoms. The summed E-state index contributed by atoms with van der Waals surface area (Å²) in [7, 11) is -3.30. The van der Waals surface area contributed by atoms with Gasteiger partial charge < -0.3 is 10.2 Å². The second-order valence-corrected chi connectivity index (χ2v) is 9.99. The molecule has 1 N–H and O–H groups in total. The topological polar surface area (TPSA) is 86.8 Å². The second kappa shape index (κ2) is 9.43. The van der Waals surface area contributed by atoms with Crippen molar-refractivity contribution in [1.29, 1.82) is 0 Å². The minimum absolute atomic E-state index is 0.156. The third kappa shape index (κ3) is 5.83. The van der Waals surface area contributed by atoms with Crippen molar-refractivity contribution in [2.45, 2.75) is 26.3 Å². The summed E-state index contributed by atoms with van der Waals surface area (Å²) in [4.78, 5) is 27.3. The molecule has 2 rings (SSSR count). The Morgan fingerprint density at radius 2 is 1.79 bits per heavy atom. The molecule has 1 unspecified atom stereocenters. The smallest absolute Gasteiger partial charge is 0.253 e. The number of carbonyl (C=O) groups excluding carboxylic acids is 2. The Hall–Kier alpha value is -1.35. The van der Waals surface area contributed by atoms with Gasteiger partial charge in [-0.2, -0.15) is 0 Å². The van der Waals surface area contributed by atoms with Gasteiger partial charge in [-0.05, 0) is 30.5 Å². The maximum atomic E-state index is 13.0. The molecule has 1 heterocycles. The van der Waals surface area contributed by atoms with Crippen molar-refractivity contribution in [3.05, 3.63) is 33.8 Å². The Bertz CT molecular complexity index is 845. The number of nitrogens with one attached hydrogen (secondary N) is 1. The first-order valence-electron chi connectivity index (χ1n) is 9.00. The van der Waals surface area contributed by atoms with Crippen molar-refractivity contribution in [2.75, 3.05) is 32.4 Å². The molecule has 7 nitrogen and oxygen atoms in total. The quantitative estimate of drug-likeness (QED) is 0.746. The lowest BCUT2D eigenvalue weighted by atomic mass is 10.0. The van der Waals surface area contributed by atoms with Crippen molar-refractivity contribution in [3.8, 4) is 0 Å². The highest BCUT2D eigenvalue weighted by Gasteiger charge is 2.31. The minimum Gasteiger partial charge on any atom is -0.340 e. The largest absolute Gasteiger partial charge is 0.340 e. The number of hydrogen-bond acceptors (Lipinski definition) is 4. The van der Waals surface area contributed by atoms with Crippen molar-refractivity contribution in [3.63, 3.8) is 0 Å². The standard InChI is InChI=1S/C18H25Cl2N3O4S/c1-12(2)16(21-17(24)14-6-5-13(19)11-15(14)20)18(25)22-7-4-8-23(10-9-22)28(3,26)27/h5-6,11-12,16H,4,7-10H2,1-3H3,(H,21,24). The summed E-state index contributed by atoms with van der Waals surface area (Å²) in [5.41, 5.74) is 0.239. The minimum atomic E-state index is -3.30. The van der Waals surface area contributed by atoms with Crippen LogP contribution in [-0.2, 0) is 14.8 Å². The van der Waals surface area contributed by atoms with Gasteiger partial charge in [-0.1, -0.05) is 37.0 Å². The number of benzene rings is 1. The zero-order chi connectivity index (χ0) is 21.1. The average molecular weight is 450 g/mol. The molecule has 0 radical (unpaired) electrons. The van der Waals surface area contributed by atoms with Crippen molar-refractivity contribution < 1.29 is 18.0 Å². The molecule has 0 saturated carbocycles. The van der Waals surface area contributed by atoms with Crippen LogP contribution in [0.5, 0.6) is 0 Å². The monoisotopic (exact) mass is 449 g/mol. The van der Waals surface area contributed by atoms with E-state index in [0.29, 0.717) is 24.5 Å². The summed E-state index contributed by atoms with van der Waals surface area (Å²) in [5, 5.41) is 3.38. The lowest BCUT2D eigenvalue weighted by Gasteiger charge is -2.29. The molecular weight excluding hydrogens is 425 g/mol. The number of sulfonamides is 1. The third-order valence-corrected chi connectivity index (χ3v) is 6.48. The van der Waals surface area contributed by atoms with Crippen LogP contribution in [0, 0.1) is 5.92 Å². The lowest BCUT2D eigenvalue weighted by molar-refractivity contribution is -0.134. The Labute approximate surface area is 176 Å².